The lowest BCUT2D eigenvalue weighted by molar-refractivity contribution is -0.149. The molecule has 30 heavy (non-hydrogen) atoms. The summed E-state index contributed by atoms with van der Waals surface area (Å²) in [6, 6.07) is 16.7. The molecule has 0 aromatic heterocycles. The Bertz CT molecular complexity index is 833. The third kappa shape index (κ3) is 6.92. The zero-order valence-corrected chi connectivity index (χ0v) is 17.7. The molecule has 2 aromatic carbocycles. The number of nitrogens with zero attached hydrogens (tertiary/aromatic N) is 1. The third-order valence-electron chi connectivity index (χ3n) is 4.78. The van der Waals surface area contributed by atoms with Crippen molar-refractivity contribution in [3.8, 4) is 0 Å². The number of hydrazine groups is 1. The van der Waals surface area contributed by atoms with Gasteiger partial charge in [0.05, 0.1) is 6.42 Å². The molecular weight excluding hydrogens is 382 g/mol. The first-order valence-electron chi connectivity index (χ1n) is 10.1. The van der Waals surface area contributed by atoms with Crippen LogP contribution in [0.1, 0.15) is 49.0 Å². The van der Waals surface area contributed by atoms with Crippen LogP contribution in [0.15, 0.2) is 54.6 Å². The quantitative estimate of drug-likeness (QED) is 0.489. The number of anilines is 1. The Labute approximate surface area is 177 Å². The number of nitrogens with one attached hydrogen (secondary N) is 2. The van der Waals surface area contributed by atoms with Crippen LogP contribution in [0.2, 0.25) is 0 Å². The van der Waals surface area contributed by atoms with Crippen LogP contribution in [-0.4, -0.2) is 37.5 Å². The molecule has 1 atom stereocenters. The highest BCUT2D eigenvalue weighted by Crippen LogP contribution is 2.18. The molecule has 0 fully saturated rings. The maximum atomic E-state index is 12.2. The van der Waals surface area contributed by atoms with Crippen molar-refractivity contribution in [2.24, 2.45) is 0 Å². The van der Waals surface area contributed by atoms with Gasteiger partial charge in [-0.15, -0.1) is 0 Å². The highest BCUT2D eigenvalue weighted by atomic mass is 16.5. The lowest BCUT2D eigenvalue weighted by atomic mass is 9.98. The summed E-state index contributed by atoms with van der Waals surface area (Å²) in [5.74, 6) is -1.54. The molecule has 0 aliphatic carbocycles. The van der Waals surface area contributed by atoms with Crippen LogP contribution in [0.4, 0.5) is 5.69 Å². The average Bonchev–Trinajstić information content (AvgIpc) is 2.78. The van der Waals surface area contributed by atoms with Gasteiger partial charge in [-0.25, -0.2) is 0 Å². The van der Waals surface area contributed by atoms with Crippen molar-refractivity contribution in [1.29, 1.82) is 0 Å². The molecular formula is C23H29N3O4. The molecule has 7 nitrogen and oxygen atoms in total. The molecule has 0 saturated carbocycles. The van der Waals surface area contributed by atoms with Crippen molar-refractivity contribution in [2.75, 3.05) is 24.6 Å². The first-order valence-corrected chi connectivity index (χ1v) is 10.1. The van der Waals surface area contributed by atoms with Crippen LogP contribution >= 0.6 is 0 Å². The van der Waals surface area contributed by atoms with E-state index in [0.717, 1.165) is 24.3 Å². The normalized spacial score (nSPS) is 11.3. The summed E-state index contributed by atoms with van der Waals surface area (Å²) in [4.78, 5) is 38.1. The topological polar surface area (TPSA) is 87.7 Å². The van der Waals surface area contributed by atoms with E-state index in [2.05, 4.69) is 29.6 Å². The van der Waals surface area contributed by atoms with E-state index in [-0.39, 0.29) is 12.3 Å². The first kappa shape index (κ1) is 22.9. The number of carbonyl (C=O) groups excluding carboxylic acids is 3. The predicted molar refractivity (Wildman–Crippen MR) is 116 cm³/mol. The van der Waals surface area contributed by atoms with E-state index < -0.39 is 24.4 Å². The van der Waals surface area contributed by atoms with Gasteiger partial charge in [-0.1, -0.05) is 37.3 Å². The summed E-state index contributed by atoms with van der Waals surface area (Å²) in [6.07, 6.45) is 0.169. The Morgan fingerprint density at radius 2 is 1.57 bits per heavy atom. The lowest BCUT2D eigenvalue weighted by Gasteiger charge is -2.21. The predicted octanol–water partition coefficient (Wildman–Crippen LogP) is 3.03. The number of rotatable bonds is 9. The van der Waals surface area contributed by atoms with Gasteiger partial charge < -0.3 is 9.64 Å². The smallest absolute Gasteiger partial charge is 0.306 e. The van der Waals surface area contributed by atoms with Crippen molar-refractivity contribution >= 4 is 23.5 Å². The Morgan fingerprint density at radius 3 is 2.17 bits per heavy atom. The number of esters is 1. The van der Waals surface area contributed by atoms with Gasteiger partial charge >= 0.3 is 5.97 Å². The molecule has 7 heteroatoms. The van der Waals surface area contributed by atoms with Gasteiger partial charge in [-0.3, -0.25) is 25.2 Å². The molecule has 2 N–H and O–H groups in total. The lowest BCUT2D eigenvalue weighted by Crippen LogP contribution is -2.43. The summed E-state index contributed by atoms with van der Waals surface area (Å²) in [5.41, 5.74) is 7.05. The van der Waals surface area contributed by atoms with Crippen LogP contribution in [0.25, 0.3) is 0 Å². The maximum absolute atomic E-state index is 12.2. The Kier molecular flexibility index (Phi) is 8.87. The average molecular weight is 412 g/mol. The second kappa shape index (κ2) is 11.6. The molecule has 0 aliphatic rings. The van der Waals surface area contributed by atoms with Crippen molar-refractivity contribution in [3.05, 3.63) is 65.7 Å². The number of amides is 2. The molecule has 0 heterocycles. The standard InChI is InChI=1S/C23H29N3O4/c1-4-26(5-2)20-13-11-19(12-14-20)23(29)25-24-21(27)16-30-22(28)15-17(3)18-9-7-6-8-10-18/h6-14,17H,4-5,15-16H2,1-3H3,(H,24,27)(H,25,29)/t17-/m1/s1. The van der Waals surface area contributed by atoms with E-state index in [9.17, 15) is 14.4 Å². The summed E-state index contributed by atoms with van der Waals surface area (Å²) in [6.45, 7) is 7.34. The van der Waals surface area contributed by atoms with Gasteiger partial charge in [-0.2, -0.15) is 0 Å². The van der Waals surface area contributed by atoms with Crippen LogP contribution < -0.4 is 15.8 Å². The monoisotopic (exact) mass is 411 g/mol. The molecule has 0 aliphatic heterocycles. The zero-order valence-electron chi connectivity index (χ0n) is 17.7. The van der Waals surface area contributed by atoms with Gasteiger partial charge in [0.2, 0.25) is 0 Å². The molecule has 2 aromatic rings. The van der Waals surface area contributed by atoms with E-state index >= 15 is 0 Å². The molecule has 0 bridgehead atoms. The minimum Gasteiger partial charge on any atom is -0.455 e. The molecule has 0 saturated heterocycles. The number of carbonyl (C=O) groups is 3. The van der Waals surface area contributed by atoms with Crippen molar-refractivity contribution in [1.82, 2.24) is 10.9 Å². The van der Waals surface area contributed by atoms with Gasteiger partial charge in [0, 0.05) is 24.3 Å². The van der Waals surface area contributed by atoms with E-state index in [4.69, 9.17) is 4.74 Å². The minimum absolute atomic E-state index is 0.0132. The fourth-order valence-electron chi connectivity index (χ4n) is 3.00. The van der Waals surface area contributed by atoms with Crippen molar-refractivity contribution in [2.45, 2.75) is 33.1 Å². The highest BCUT2D eigenvalue weighted by Gasteiger charge is 2.14. The Balaban J connectivity index is 1.73. The summed E-state index contributed by atoms with van der Waals surface area (Å²) in [7, 11) is 0. The fraction of sp³-hybridized carbons (Fsp3) is 0.348. The Hall–Kier alpha value is -3.35. The molecule has 0 spiro atoms. The number of hydrogen-bond acceptors (Lipinski definition) is 5. The van der Waals surface area contributed by atoms with Gasteiger partial charge in [0.25, 0.3) is 11.8 Å². The highest BCUT2D eigenvalue weighted by molar-refractivity contribution is 5.95. The molecule has 2 amide bonds. The van der Waals surface area contributed by atoms with E-state index in [1.54, 1.807) is 12.1 Å². The van der Waals surface area contributed by atoms with Crippen LogP contribution in [0.5, 0.6) is 0 Å². The zero-order chi connectivity index (χ0) is 21.9. The van der Waals surface area contributed by atoms with Crippen molar-refractivity contribution in [3.63, 3.8) is 0 Å². The molecule has 0 unspecified atom stereocenters. The summed E-state index contributed by atoms with van der Waals surface area (Å²) >= 11 is 0. The van der Waals surface area contributed by atoms with Crippen LogP contribution in [0, 0.1) is 0 Å². The first-order chi connectivity index (χ1) is 14.4. The SMILES string of the molecule is CCN(CC)c1ccc(C(=O)NNC(=O)COC(=O)C[C@@H](C)c2ccccc2)cc1. The van der Waals surface area contributed by atoms with Crippen molar-refractivity contribution < 1.29 is 19.1 Å². The second-order valence-electron chi connectivity index (χ2n) is 6.90. The summed E-state index contributed by atoms with van der Waals surface area (Å²) < 4.78 is 4.99. The van der Waals surface area contributed by atoms with Gasteiger partial charge in [0.15, 0.2) is 6.61 Å². The molecule has 160 valence electrons. The largest absolute Gasteiger partial charge is 0.455 e. The Morgan fingerprint density at radius 1 is 0.933 bits per heavy atom. The number of benzene rings is 2. The van der Waals surface area contributed by atoms with Crippen LogP contribution in [0.3, 0.4) is 0 Å². The van der Waals surface area contributed by atoms with E-state index in [1.165, 1.54) is 0 Å². The molecule has 0 radical (unpaired) electrons. The minimum atomic E-state index is -0.608. The third-order valence-corrected chi connectivity index (χ3v) is 4.78. The van der Waals surface area contributed by atoms with Gasteiger partial charge in [0.1, 0.15) is 0 Å². The second-order valence-corrected chi connectivity index (χ2v) is 6.90. The van der Waals surface area contributed by atoms with E-state index in [0.29, 0.717) is 5.56 Å². The van der Waals surface area contributed by atoms with E-state index in [1.807, 2.05) is 49.4 Å². The van der Waals surface area contributed by atoms with Crippen LogP contribution in [-0.2, 0) is 14.3 Å². The summed E-state index contributed by atoms with van der Waals surface area (Å²) in [5, 5.41) is 0. The van der Waals surface area contributed by atoms with Gasteiger partial charge in [-0.05, 0) is 49.6 Å². The number of ether oxygens (including phenoxy) is 1. The molecule has 2 rings (SSSR count). The fourth-order valence-corrected chi connectivity index (χ4v) is 3.00. The number of hydrogen-bond donors (Lipinski definition) is 2. The maximum Gasteiger partial charge on any atom is 0.306 e.